The van der Waals surface area contributed by atoms with E-state index >= 15 is 0 Å². The lowest BCUT2D eigenvalue weighted by molar-refractivity contribution is 0.355. The quantitative estimate of drug-likeness (QED) is 0.689. The van der Waals surface area contributed by atoms with Crippen molar-refractivity contribution in [3.05, 3.63) is 47.5 Å². The summed E-state index contributed by atoms with van der Waals surface area (Å²) in [6, 6.07) is 12.0. The molecule has 2 aliphatic heterocycles. The van der Waals surface area contributed by atoms with E-state index in [0.29, 0.717) is 35.2 Å². The molecule has 0 spiro atoms. The van der Waals surface area contributed by atoms with Gasteiger partial charge in [-0.2, -0.15) is 0 Å². The van der Waals surface area contributed by atoms with Crippen LogP contribution in [0.3, 0.4) is 0 Å². The van der Waals surface area contributed by atoms with Crippen molar-refractivity contribution in [1.29, 1.82) is 0 Å². The van der Waals surface area contributed by atoms with E-state index in [0.717, 1.165) is 26.1 Å². The molecule has 2 aromatic rings. The number of epoxide rings is 2. The normalized spacial score (nSPS) is 20.9. The molecular weight excluding hydrogens is 320 g/mol. The molecule has 2 fully saturated rings. The zero-order valence-corrected chi connectivity index (χ0v) is 14.5. The van der Waals surface area contributed by atoms with Crippen molar-refractivity contribution >= 4 is 0 Å². The summed E-state index contributed by atoms with van der Waals surface area (Å²) < 4.78 is 27.6. The number of rotatable bonds is 8. The molecule has 0 aliphatic carbocycles. The zero-order chi connectivity index (χ0) is 17.2. The minimum Gasteiger partial charge on any atom is -0.493 e. The molecule has 0 saturated carbocycles. The Hall–Kier alpha value is -2.24. The molecule has 5 heteroatoms. The third kappa shape index (κ3) is 4.06. The fourth-order valence-electron chi connectivity index (χ4n) is 2.86. The maximum absolute atomic E-state index is 6.06. The molecule has 2 saturated heterocycles. The Labute approximate surface area is 147 Å². The number of ether oxygens (including phenoxy) is 5. The highest BCUT2D eigenvalue weighted by Crippen LogP contribution is 2.38. The van der Waals surface area contributed by atoms with Crippen LogP contribution in [0, 0.1) is 0 Å². The van der Waals surface area contributed by atoms with E-state index in [1.165, 1.54) is 11.1 Å². The van der Waals surface area contributed by atoms with Gasteiger partial charge in [0.1, 0.15) is 0 Å². The van der Waals surface area contributed by atoms with Gasteiger partial charge in [-0.05, 0) is 35.4 Å². The first-order chi connectivity index (χ1) is 12.2. The Morgan fingerprint density at radius 2 is 1.20 bits per heavy atom. The van der Waals surface area contributed by atoms with Gasteiger partial charge in [0, 0.05) is 12.8 Å². The first kappa shape index (κ1) is 16.2. The standard InChI is InChI=1S/C20H22O5/c1-21-19-9-13(7-15-11-23-15)3-5-17(19)25-18-6-4-14(8-16-12-24-16)10-20(18)22-2/h3-6,9-10,15-16H,7-8,11-12H2,1-2H3. The smallest absolute Gasteiger partial charge is 0.169 e. The zero-order valence-electron chi connectivity index (χ0n) is 14.5. The summed E-state index contributed by atoms with van der Waals surface area (Å²) in [5.41, 5.74) is 2.36. The Morgan fingerprint density at radius 1 is 0.760 bits per heavy atom. The Morgan fingerprint density at radius 3 is 1.56 bits per heavy atom. The second-order valence-electron chi connectivity index (χ2n) is 6.39. The van der Waals surface area contributed by atoms with Gasteiger partial charge >= 0.3 is 0 Å². The van der Waals surface area contributed by atoms with Crippen molar-refractivity contribution < 1.29 is 23.7 Å². The monoisotopic (exact) mass is 342 g/mol. The van der Waals surface area contributed by atoms with Crippen LogP contribution < -0.4 is 14.2 Å². The molecular formula is C20H22O5. The topological polar surface area (TPSA) is 52.8 Å². The summed E-state index contributed by atoms with van der Waals surface area (Å²) in [6.45, 7) is 1.69. The average Bonchev–Trinajstić information content (AvgIpc) is 3.54. The summed E-state index contributed by atoms with van der Waals surface area (Å²) in [6.07, 6.45) is 2.50. The largest absolute Gasteiger partial charge is 0.493 e. The van der Waals surface area contributed by atoms with Crippen LogP contribution in [-0.2, 0) is 22.3 Å². The maximum atomic E-state index is 6.06. The van der Waals surface area contributed by atoms with Gasteiger partial charge in [0.05, 0.1) is 39.6 Å². The molecule has 0 bridgehead atoms. The summed E-state index contributed by atoms with van der Waals surface area (Å²) in [7, 11) is 3.30. The molecule has 2 atom stereocenters. The molecule has 4 rings (SSSR count). The fraction of sp³-hybridized carbons (Fsp3) is 0.400. The van der Waals surface area contributed by atoms with Gasteiger partial charge in [0.2, 0.25) is 0 Å². The molecule has 2 unspecified atom stereocenters. The Bertz CT molecular complexity index is 686. The van der Waals surface area contributed by atoms with Crippen LogP contribution in [0.25, 0.3) is 0 Å². The highest BCUT2D eigenvalue weighted by atomic mass is 16.6. The van der Waals surface area contributed by atoms with E-state index in [-0.39, 0.29) is 0 Å². The molecule has 0 N–H and O–H groups in total. The van der Waals surface area contributed by atoms with Gasteiger partial charge in [-0.1, -0.05) is 12.1 Å². The van der Waals surface area contributed by atoms with E-state index in [1.54, 1.807) is 14.2 Å². The van der Waals surface area contributed by atoms with Gasteiger partial charge in [-0.3, -0.25) is 0 Å². The van der Waals surface area contributed by atoms with Gasteiger partial charge in [-0.15, -0.1) is 0 Å². The van der Waals surface area contributed by atoms with Gasteiger partial charge in [0.25, 0.3) is 0 Å². The SMILES string of the molecule is COc1cc(CC2CO2)ccc1Oc1ccc(CC2CO2)cc1OC. The van der Waals surface area contributed by atoms with Crippen LogP contribution in [0.2, 0.25) is 0 Å². The molecule has 0 radical (unpaired) electrons. The lowest BCUT2D eigenvalue weighted by Crippen LogP contribution is -1.98. The number of hydrogen-bond donors (Lipinski definition) is 0. The molecule has 2 aromatic carbocycles. The summed E-state index contributed by atoms with van der Waals surface area (Å²) >= 11 is 0. The summed E-state index contributed by atoms with van der Waals surface area (Å²) in [5, 5.41) is 0. The van der Waals surface area contributed by atoms with E-state index in [4.69, 9.17) is 23.7 Å². The molecule has 2 aliphatic rings. The first-order valence-electron chi connectivity index (χ1n) is 8.50. The van der Waals surface area contributed by atoms with Gasteiger partial charge < -0.3 is 23.7 Å². The van der Waals surface area contributed by atoms with Crippen LogP contribution >= 0.6 is 0 Å². The van der Waals surface area contributed by atoms with Gasteiger partial charge in [0.15, 0.2) is 23.0 Å². The predicted octanol–water partition coefficient (Wildman–Crippen LogP) is 3.38. The van der Waals surface area contributed by atoms with Crippen LogP contribution in [0.15, 0.2) is 36.4 Å². The van der Waals surface area contributed by atoms with Crippen molar-refractivity contribution in [3.8, 4) is 23.0 Å². The minimum absolute atomic E-state index is 0.347. The highest BCUT2D eigenvalue weighted by Gasteiger charge is 2.24. The van der Waals surface area contributed by atoms with Crippen LogP contribution in [0.5, 0.6) is 23.0 Å². The van der Waals surface area contributed by atoms with Crippen molar-refractivity contribution in [3.63, 3.8) is 0 Å². The van der Waals surface area contributed by atoms with Crippen molar-refractivity contribution in [1.82, 2.24) is 0 Å². The second kappa shape index (κ2) is 6.94. The minimum atomic E-state index is 0.347. The molecule has 2 heterocycles. The van der Waals surface area contributed by atoms with E-state index < -0.39 is 0 Å². The Balaban J connectivity index is 1.53. The average molecular weight is 342 g/mol. The molecule has 132 valence electrons. The van der Waals surface area contributed by atoms with E-state index in [9.17, 15) is 0 Å². The van der Waals surface area contributed by atoms with Crippen LogP contribution in [0.4, 0.5) is 0 Å². The van der Waals surface area contributed by atoms with Crippen molar-refractivity contribution in [2.24, 2.45) is 0 Å². The predicted molar refractivity (Wildman–Crippen MR) is 93.0 cm³/mol. The fourth-order valence-corrected chi connectivity index (χ4v) is 2.86. The number of benzene rings is 2. The van der Waals surface area contributed by atoms with Crippen molar-refractivity contribution in [2.45, 2.75) is 25.0 Å². The number of hydrogen-bond acceptors (Lipinski definition) is 5. The van der Waals surface area contributed by atoms with Gasteiger partial charge in [-0.25, -0.2) is 0 Å². The van der Waals surface area contributed by atoms with E-state index in [1.807, 2.05) is 36.4 Å². The van der Waals surface area contributed by atoms with E-state index in [2.05, 4.69) is 0 Å². The van der Waals surface area contributed by atoms with Crippen LogP contribution in [-0.4, -0.2) is 39.6 Å². The third-order valence-corrected chi connectivity index (χ3v) is 4.41. The molecule has 0 amide bonds. The molecule has 5 nitrogen and oxygen atoms in total. The lowest BCUT2D eigenvalue weighted by atomic mass is 10.1. The van der Waals surface area contributed by atoms with Crippen molar-refractivity contribution in [2.75, 3.05) is 27.4 Å². The first-order valence-corrected chi connectivity index (χ1v) is 8.50. The molecule has 0 aromatic heterocycles. The highest BCUT2D eigenvalue weighted by molar-refractivity contribution is 5.50. The summed E-state index contributed by atoms with van der Waals surface area (Å²) in [4.78, 5) is 0. The third-order valence-electron chi connectivity index (χ3n) is 4.41. The maximum Gasteiger partial charge on any atom is 0.169 e. The summed E-state index contributed by atoms with van der Waals surface area (Å²) in [5.74, 6) is 2.74. The molecule has 25 heavy (non-hydrogen) atoms. The number of methoxy groups -OCH3 is 2. The lowest BCUT2D eigenvalue weighted by Gasteiger charge is -2.15. The second-order valence-corrected chi connectivity index (χ2v) is 6.39. The Kier molecular flexibility index (Phi) is 4.51. The van der Waals surface area contributed by atoms with Crippen LogP contribution in [0.1, 0.15) is 11.1 Å².